The summed E-state index contributed by atoms with van der Waals surface area (Å²) in [5, 5.41) is 46.5. The van der Waals surface area contributed by atoms with Gasteiger partial charge in [-0.15, -0.1) is 26.3 Å². The van der Waals surface area contributed by atoms with Gasteiger partial charge in [-0.25, -0.2) is 37.5 Å². The summed E-state index contributed by atoms with van der Waals surface area (Å²) in [6.45, 7) is 0.804. The first-order valence-corrected chi connectivity index (χ1v) is 17.1. The van der Waals surface area contributed by atoms with E-state index in [9.17, 15) is 73.5 Å². The highest BCUT2D eigenvalue weighted by molar-refractivity contribution is 6.02. The van der Waals surface area contributed by atoms with E-state index in [1.54, 1.807) is 0 Å². The van der Waals surface area contributed by atoms with Crippen molar-refractivity contribution < 1.29 is 129 Å². The molecule has 2 aromatic heterocycles. The number of carboxylic acid groups (broad SMARTS) is 6. The number of alkyl halides is 6. The highest BCUT2D eigenvalue weighted by atomic mass is 19.4. The molecule has 4 rings (SSSR count). The van der Waals surface area contributed by atoms with E-state index in [1.807, 2.05) is 0 Å². The van der Waals surface area contributed by atoms with Gasteiger partial charge in [0.05, 0.1) is 35.0 Å². The van der Waals surface area contributed by atoms with Crippen LogP contribution in [0.25, 0.3) is 21.8 Å². The second-order valence-corrected chi connectivity index (χ2v) is 11.4. The molecular weight excluding hydrogens is 940 g/mol. The van der Waals surface area contributed by atoms with Crippen molar-refractivity contribution in [3.8, 4) is 11.5 Å². The zero-order valence-corrected chi connectivity index (χ0v) is 33.9. The lowest BCUT2D eigenvalue weighted by molar-refractivity contribution is -0.275. The number of nitrogens with zero attached hydrogens (tertiary/aromatic N) is 2. The smallest absolute Gasteiger partial charge is 0.478 e. The summed E-state index contributed by atoms with van der Waals surface area (Å²) in [5.74, 6) is -10.3. The number of methoxy groups -OCH3 is 2. The number of aliphatic carboxylic acids is 6. The minimum atomic E-state index is -4.93. The number of carboxylic acids is 6. The van der Waals surface area contributed by atoms with Gasteiger partial charge in [-0.05, 0) is 24.3 Å². The summed E-state index contributed by atoms with van der Waals surface area (Å²) in [7, 11) is 2.86. The lowest BCUT2D eigenvalue weighted by Crippen LogP contribution is -2.17. The molecule has 2 heterocycles. The van der Waals surface area contributed by atoms with Crippen molar-refractivity contribution >= 4 is 70.2 Å². The highest BCUT2D eigenvalue weighted by Gasteiger charge is 2.34. The first-order chi connectivity index (χ1) is 30.6. The maximum Gasteiger partial charge on any atom is 0.573 e. The maximum atomic E-state index is 13.9. The number of aldehydes is 2. The topological polar surface area (TPSA) is 336 Å². The van der Waals surface area contributed by atoms with Crippen LogP contribution in [0.2, 0.25) is 0 Å². The van der Waals surface area contributed by atoms with Crippen LogP contribution >= 0.6 is 0 Å². The number of ether oxygens (including phenoxy) is 4. The molecule has 0 aliphatic rings. The van der Waals surface area contributed by atoms with Crippen LogP contribution < -0.4 is 9.47 Å². The summed E-state index contributed by atoms with van der Waals surface area (Å²) in [6.07, 6.45) is -3.27. The molecule has 0 spiro atoms. The zero-order chi connectivity index (χ0) is 50.9. The Morgan fingerprint density at radius 1 is 0.522 bits per heavy atom. The van der Waals surface area contributed by atoms with E-state index >= 15 is 0 Å². The molecule has 0 unspecified atom stereocenters. The maximum absolute atomic E-state index is 13.9. The van der Waals surface area contributed by atoms with Crippen LogP contribution in [-0.2, 0) is 51.3 Å². The molecule has 0 aliphatic heterocycles. The van der Waals surface area contributed by atoms with E-state index in [-0.39, 0.29) is 64.7 Å². The molecule has 0 radical (unpaired) electrons. The van der Waals surface area contributed by atoms with Gasteiger partial charge in [0.2, 0.25) is 0 Å². The van der Waals surface area contributed by atoms with E-state index in [0.29, 0.717) is 49.0 Å². The van der Waals surface area contributed by atoms with Gasteiger partial charge in [0, 0.05) is 87.3 Å². The average molecular weight is 977 g/mol. The molecule has 67 heavy (non-hydrogen) atoms. The van der Waals surface area contributed by atoms with Crippen LogP contribution in [-0.4, -0.2) is 134 Å². The van der Waals surface area contributed by atoms with E-state index in [0.717, 1.165) is 24.3 Å². The van der Waals surface area contributed by atoms with Crippen molar-refractivity contribution in [1.82, 2.24) is 9.13 Å². The number of halogens is 8. The minimum absolute atomic E-state index is 0. The zero-order valence-electron chi connectivity index (χ0n) is 33.9. The fourth-order valence-electron chi connectivity index (χ4n) is 4.57. The van der Waals surface area contributed by atoms with Gasteiger partial charge in [0.1, 0.15) is 23.1 Å². The molecule has 0 bridgehead atoms. The molecule has 4 aromatic rings. The van der Waals surface area contributed by atoms with Crippen molar-refractivity contribution in [2.45, 2.75) is 25.8 Å². The number of carbonyl (C=O) groups excluding carboxylic acids is 2. The van der Waals surface area contributed by atoms with Crippen molar-refractivity contribution in [3.05, 3.63) is 95.9 Å². The Kier molecular flexibility index (Phi) is 26.6. The third-order valence-corrected chi connectivity index (χ3v) is 6.81. The van der Waals surface area contributed by atoms with Crippen molar-refractivity contribution in [1.29, 1.82) is 0 Å². The Bertz CT molecular complexity index is 2190. The molecule has 0 fully saturated rings. The Morgan fingerprint density at radius 3 is 0.970 bits per heavy atom. The van der Waals surface area contributed by atoms with Gasteiger partial charge in [0.15, 0.2) is 12.6 Å². The molecule has 0 atom stereocenters. The molecule has 0 aliphatic carbocycles. The van der Waals surface area contributed by atoms with Gasteiger partial charge in [-0.1, -0.05) is 0 Å². The minimum Gasteiger partial charge on any atom is -0.478 e. The Balaban J connectivity index is 0. The molecular formula is C38H36F8N2O19. The van der Waals surface area contributed by atoms with Crippen molar-refractivity contribution in [2.75, 3.05) is 27.4 Å². The van der Waals surface area contributed by atoms with Gasteiger partial charge >= 0.3 is 48.5 Å². The summed E-state index contributed by atoms with van der Waals surface area (Å²) in [5.41, 5.74) is -0.425. The summed E-state index contributed by atoms with van der Waals surface area (Å²) >= 11 is 0. The highest BCUT2D eigenvalue weighted by Crippen LogP contribution is 2.36. The van der Waals surface area contributed by atoms with E-state index in [1.165, 1.54) is 35.7 Å². The third kappa shape index (κ3) is 23.9. The standard InChI is InChI=1S/2C13H11F4NO3.3C4H4O4.H2O/c2*1-20-5-4-18-6-8(7-19)11-10(21-13(15,16)17)3-2-9(14)12(11)18;3*5-3(6)1-2-4(7)8;/h2*2-3,6-7H,4-5H2,1H3;3*1-2H,(H,5,6)(H,7,8);1H2. The molecule has 8 N–H and O–H groups in total. The lowest BCUT2D eigenvalue weighted by Gasteiger charge is -2.11. The Hall–Kier alpha value is -8.18. The van der Waals surface area contributed by atoms with E-state index < -0.39 is 71.7 Å². The molecule has 21 nitrogen and oxygen atoms in total. The molecule has 29 heteroatoms. The fourth-order valence-corrected chi connectivity index (χ4v) is 4.57. The number of benzene rings is 2. The summed E-state index contributed by atoms with van der Waals surface area (Å²) in [6, 6.07) is 3.42. The van der Waals surface area contributed by atoms with Crippen LogP contribution in [0.15, 0.2) is 73.1 Å². The number of carbonyl (C=O) groups is 8. The molecule has 2 aromatic carbocycles. The summed E-state index contributed by atoms with van der Waals surface area (Å²) < 4.78 is 122. The molecule has 0 saturated carbocycles. The van der Waals surface area contributed by atoms with Crippen molar-refractivity contribution in [3.63, 3.8) is 0 Å². The normalized spacial score (nSPS) is 10.8. The van der Waals surface area contributed by atoms with Gasteiger partial charge in [0.25, 0.3) is 0 Å². The lowest BCUT2D eigenvalue weighted by atomic mass is 10.1. The van der Waals surface area contributed by atoms with E-state index in [4.69, 9.17) is 40.1 Å². The van der Waals surface area contributed by atoms with Gasteiger partial charge in [-0.2, -0.15) is 0 Å². The largest absolute Gasteiger partial charge is 0.573 e. The number of hydrogen-bond acceptors (Lipinski definition) is 12. The quantitative estimate of drug-likeness (QED) is 0.0508. The first-order valence-electron chi connectivity index (χ1n) is 17.1. The number of aromatic nitrogens is 2. The number of hydrogen-bond donors (Lipinski definition) is 6. The third-order valence-electron chi connectivity index (χ3n) is 6.81. The van der Waals surface area contributed by atoms with Gasteiger partial charge in [-0.3, -0.25) is 9.59 Å². The predicted octanol–water partition coefficient (Wildman–Crippen LogP) is 4.59. The number of rotatable bonds is 16. The van der Waals surface area contributed by atoms with Crippen LogP contribution in [0.1, 0.15) is 20.7 Å². The second kappa shape index (κ2) is 29.3. The van der Waals surface area contributed by atoms with Crippen LogP contribution in [0.3, 0.4) is 0 Å². The van der Waals surface area contributed by atoms with Crippen LogP contribution in [0.5, 0.6) is 11.5 Å². The Labute approximate surface area is 368 Å². The fraction of sp³-hybridized carbons (Fsp3) is 0.211. The SMILES string of the molecule is COCCn1cc(C=O)c2c(OC(F)(F)F)ccc(F)c21.COCCn1cc(C=O)c2c(OC(F)(F)F)ccc(F)c21.O.O=C(O)C=CC(=O)O.O=C(O)C=CC(=O)O.O=C(O)C=CC(=O)O. The number of fused-ring (bicyclic) bond motifs is 2. The monoisotopic (exact) mass is 976 g/mol. The van der Waals surface area contributed by atoms with Gasteiger partial charge < -0.3 is 64.2 Å². The molecule has 0 saturated heterocycles. The van der Waals surface area contributed by atoms with Crippen molar-refractivity contribution in [2.24, 2.45) is 0 Å². The summed E-state index contributed by atoms with van der Waals surface area (Å²) in [4.78, 5) is 79.4. The van der Waals surface area contributed by atoms with E-state index in [2.05, 4.69) is 9.47 Å². The first kappa shape index (κ1) is 60.9. The van der Waals surface area contributed by atoms with Crippen LogP contribution in [0, 0.1) is 11.6 Å². The van der Waals surface area contributed by atoms with Crippen LogP contribution in [0.4, 0.5) is 35.1 Å². The average Bonchev–Trinajstić information content (AvgIpc) is 3.79. The Morgan fingerprint density at radius 2 is 0.776 bits per heavy atom. The molecule has 0 amide bonds. The second-order valence-electron chi connectivity index (χ2n) is 11.4. The molecule has 368 valence electrons. The predicted molar refractivity (Wildman–Crippen MR) is 209 cm³/mol.